The molecule has 0 bridgehead atoms. The first kappa shape index (κ1) is 17.9. The van der Waals surface area contributed by atoms with Crippen LogP contribution in [-0.4, -0.2) is 23.7 Å². The quantitative estimate of drug-likeness (QED) is 0.822. The number of ether oxygens (including phenoxy) is 1. The van der Waals surface area contributed by atoms with Crippen LogP contribution < -0.4 is 10.5 Å². The first-order valence-electron chi connectivity index (χ1n) is 5.12. The average Bonchev–Trinajstić information content (AvgIpc) is 2.27. The number of halogens is 5. The predicted molar refractivity (Wildman–Crippen MR) is 63.9 cm³/mol. The van der Waals surface area contributed by atoms with E-state index < -0.39 is 30.4 Å². The zero-order valence-corrected chi connectivity index (χ0v) is 10.7. The summed E-state index contributed by atoms with van der Waals surface area (Å²) in [7, 11) is 0. The normalized spacial score (nSPS) is 14.7. The number of hydrogen-bond acceptors (Lipinski definition) is 3. The summed E-state index contributed by atoms with van der Waals surface area (Å²) in [5.74, 6) is -0.436. The van der Waals surface area contributed by atoms with Gasteiger partial charge < -0.3 is 15.6 Å². The van der Waals surface area contributed by atoms with Crippen molar-refractivity contribution in [3.8, 4) is 5.75 Å². The van der Waals surface area contributed by atoms with Gasteiger partial charge in [-0.15, -0.1) is 12.4 Å². The minimum atomic E-state index is -4.56. The minimum Gasteiger partial charge on any atom is -0.428 e. The van der Waals surface area contributed by atoms with E-state index in [0.717, 1.165) is 12.1 Å². The highest BCUT2D eigenvalue weighted by molar-refractivity contribution is 5.85. The topological polar surface area (TPSA) is 55.5 Å². The largest absolute Gasteiger partial charge is 0.461 e. The van der Waals surface area contributed by atoms with E-state index in [-0.39, 0.29) is 12.4 Å². The third-order valence-corrected chi connectivity index (χ3v) is 2.27. The first-order chi connectivity index (χ1) is 8.24. The molecule has 0 saturated heterocycles. The molecule has 8 heteroatoms. The van der Waals surface area contributed by atoms with Crippen molar-refractivity contribution < 1.29 is 27.4 Å². The molecule has 0 saturated carbocycles. The molecule has 1 aromatic carbocycles. The molecule has 0 aliphatic heterocycles. The number of alkyl halides is 4. The molecule has 1 rings (SSSR count). The minimum absolute atomic E-state index is 0. The number of rotatable bonds is 5. The Bertz CT molecular complexity index is 404. The van der Waals surface area contributed by atoms with E-state index in [4.69, 9.17) is 5.73 Å². The van der Waals surface area contributed by atoms with E-state index in [1.165, 1.54) is 19.1 Å². The zero-order valence-electron chi connectivity index (χ0n) is 9.89. The Hall–Kier alpha value is -1.05. The standard InChI is InChI=1S/C11H13F4NO2.ClH/c1-6(17)9(16)7-3-2-4-8(5-7)18-11(14,15)10(12)13;/h2-6,9-10,17H,16H2,1H3;1H/t6-,9-;/m0./s1. The van der Waals surface area contributed by atoms with Crippen LogP contribution in [0.5, 0.6) is 5.75 Å². The van der Waals surface area contributed by atoms with E-state index >= 15 is 0 Å². The molecule has 0 amide bonds. The summed E-state index contributed by atoms with van der Waals surface area (Å²) < 4.78 is 53.1. The van der Waals surface area contributed by atoms with Crippen LogP contribution in [0, 0.1) is 0 Å². The number of benzene rings is 1. The van der Waals surface area contributed by atoms with Crippen LogP contribution in [0.25, 0.3) is 0 Å². The van der Waals surface area contributed by atoms with Crippen LogP contribution in [0.4, 0.5) is 17.6 Å². The van der Waals surface area contributed by atoms with Crippen molar-refractivity contribution >= 4 is 12.4 Å². The van der Waals surface area contributed by atoms with Gasteiger partial charge in [-0.2, -0.15) is 17.6 Å². The molecule has 19 heavy (non-hydrogen) atoms. The second-order valence-electron chi connectivity index (χ2n) is 3.80. The Morgan fingerprint density at radius 2 is 1.89 bits per heavy atom. The molecule has 0 fully saturated rings. The van der Waals surface area contributed by atoms with Gasteiger partial charge in [0.25, 0.3) is 0 Å². The van der Waals surface area contributed by atoms with Gasteiger partial charge in [-0.05, 0) is 24.6 Å². The van der Waals surface area contributed by atoms with Gasteiger partial charge in [0.05, 0.1) is 12.1 Å². The molecule has 0 aliphatic carbocycles. The highest BCUT2D eigenvalue weighted by atomic mass is 35.5. The molecule has 3 nitrogen and oxygen atoms in total. The third kappa shape index (κ3) is 4.85. The van der Waals surface area contributed by atoms with Gasteiger partial charge in [0.1, 0.15) is 5.75 Å². The van der Waals surface area contributed by atoms with E-state index in [1.807, 2.05) is 0 Å². The molecular formula is C11H14ClF4NO2. The summed E-state index contributed by atoms with van der Waals surface area (Å²) in [6.45, 7) is 1.42. The summed E-state index contributed by atoms with van der Waals surface area (Å²) in [5, 5.41) is 9.25. The lowest BCUT2D eigenvalue weighted by molar-refractivity contribution is -0.253. The molecule has 3 N–H and O–H groups in total. The zero-order chi connectivity index (χ0) is 13.9. The van der Waals surface area contributed by atoms with Crippen molar-refractivity contribution in [1.29, 1.82) is 0 Å². The Balaban J connectivity index is 0.00000324. The van der Waals surface area contributed by atoms with E-state index in [9.17, 15) is 22.7 Å². The van der Waals surface area contributed by atoms with E-state index in [0.29, 0.717) is 5.56 Å². The number of aliphatic hydroxyl groups excluding tert-OH is 1. The number of hydrogen-bond donors (Lipinski definition) is 2. The summed E-state index contributed by atoms with van der Waals surface area (Å²) in [6, 6.07) is 4.19. The fourth-order valence-corrected chi connectivity index (χ4v) is 1.27. The highest BCUT2D eigenvalue weighted by Gasteiger charge is 2.44. The molecular weight excluding hydrogens is 290 g/mol. The van der Waals surface area contributed by atoms with Gasteiger partial charge in [-0.25, -0.2) is 0 Å². The van der Waals surface area contributed by atoms with Gasteiger partial charge in [0.2, 0.25) is 0 Å². The third-order valence-electron chi connectivity index (χ3n) is 2.27. The molecule has 1 aromatic rings. The van der Waals surface area contributed by atoms with Crippen molar-refractivity contribution in [3.63, 3.8) is 0 Å². The molecule has 0 radical (unpaired) electrons. The first-order valence-corrected chi connectivity index (χ1v) is 5.12. The molecule has 0 aromatic heterocycles. The molecule has 0 spiro atoms. The van der Waals surface area contributed by atoms with Crippen molar-refractivity contribution in [3.05, 3.63) is 29.8 Å². The molecule has 2 atom stereocenters. The van der Waals surface area contributed by atoms with Crippen molar-refractivity contribution in [2.45, 2.75) is 31.6 Å². The van der Waals surface area contributed by atoms with E-state index in [2.05, 4.69) is 4.74 Å². The molecule has 110 valence electrons. The lowest BCUT2D eigenvalue weighted by Crippen LogP contribution is -2.33. The van der Waals surface area contributed by atoms with Crippen LogP contribution in [0.2, 0.25) is 0 Å². The maximum Gasteiger partial charge on any atom is 0.461 e. The van der Waals surface area contributed by atoms with Gasteiger partial charge in [-0.3, -0.25) is 0 Å². The Kier molecular flexibility index (Phi) is 6.54. The van der Waals surface area contributed by atoms with Gasteiger partial charge in [0.15, 0.2) is 0 Å². The number of nitrogens with two attached hydrogens (primary N) is 1. The summed E-state index contributed by atoms with van der Waals surface area (Å²) in [4.78, 5) is 0. The Morgan fingerprint density at radius 3 is 2.37 bits per heavy atom. The lowest BCUT2D eigenvalue weighted by atomic mass is 10.0. The summed E-state index contributed by atoms with van der Waals surface area (Å²) in [6.07, 6.45) is -9.39. The smallest absolute Gasteiger partial charge is 0.428 e. The van der Waals surface area contributed by atoms with Crippen molar-refractivity contribution in [2.75, 3.05) is 0 Å². The lowest BCUT2D eigenvalue weighted by Gasteiger charge is -2.19. The fourth-order valence-electron chi connectivity index (χ4n) is 1.27. The predicted octanol–water partition coefficient (Wildman–Crippen LogP) is 2.73. The maximum atomic E-state index is 12.7. The molecule has 0 unspecified atom stereocenters. The number of aliphatic hydroxyl groups is 1. The SMILES string of the molecule is C[C@H](O)[C@H](N)c1cccc(OC(F)(F)C(F)F)c1.Cl. The Labute approximate surface area is 113 Å². The maximum absolute atomic E-state index is 12.7. The van der Waals surface area contributed by atoms with Crippen LogP contribution in [0.15, 0.2) is 24.3 Å². The second-order valence-corrected chi connectivity index (χ2v) is 3.80. The van der Waals surface area contributed by atoms with Gasteiger partial charge in [-0.1, -0.05) is 12.1 Å². The van der Waals surface area contributed by atoms with E-state index in [1.54, 1.807) is 0 Å². The highest BCUT2D eigenvalue weighted by Crippen LogP contribution is 2.29. The second kappa shape index (κ2) is 6.93. The fraction of sp³-hybridized carbons (Fsp3) is 0.455. The van der Waals surface area contributed by atoms with Crippen molar-refractivity contribution in [2.24, 2.45) is 5.73 Å². The summed E-state index contributed by atoms with van der Waals surface area (Å²) >= 11 is 0. The van der Waals surface area contributed by atoms with Gasteiger partial charge in [0, 0.05) is 0 Å². The summed E-state index contributed by atoms with van der Waals surface area (Å²) in [5.41, 5.74) is 5.90. The van der Waals surface area contributed by atoms with Crippen LogP contribution >= 0.6 is 12.4 Å². The van der Waals surface area contributed by atoms with Crippen LogP contribution in [-0.2, 0) is 0 Å². The molecule has 0 heterocycles. The Morgan fingerprint density at radius 1 is 1.32 bits per heavy atom. The van der Waals surface area contributed by atoms with Crippen LogP contribution in [0.3, 0.4) is 0 Å². The average molecular weight is 304 g/mol. The van der Waals surface area contributed by atoms with Crippen LogP contribution in [0.1, 0.15) is 18.5 Å². The monoisotopic (exact) mass is 303 g/mol. The van der Waals surface area contributed by atoms with Crippen molar-refractivity contribution in [1.82, 2.24) is 0 Å². The van der Waals surface area contributed by atoms with Gasteiger partial charge >= 0.3 is 12.5 Å². The molecule has 0 aliphatic rings.